The number of para-hydroxylation sites is 5. The fraction of sp³-hybridized carbons (Fsp3) is 0. The lowest BCUT2D eigenvalue weighted by Crippen LogP contribution is -1.99. The number of fused-ring (bicyclic) bond motifs is 6. The zero-order valence-corrected chi connectivity index (χ0v) is 25.8. The molecule has 0 saturated carbocycles. The van der Waals surface area contributed by atoms with Gasteiger partial charge in [0.05, 0.1) is 40.9 Å². The van der Waals surface area contributed by atoms with Gasteiger partial charge in [0, 0.05) is 27.2 Å². The molecule has 0 N–H and O–H groups in total. The average molecular weight is 611 g/mol. The molecular weight excluding hydrogens is 585 g/mol. The van der Waals surface area contributed by atoms with Crippen molar-refractivity contribution < 1.29 is 0 Å². The zero-order valence-electron chi connectivity index (χ0n) is 25.8. The molecule has 9 aromatic rings. The standard InChI is InChI=1S/C44H26N4/c1-45-30-26-29(27-31(28-30)47-40-22-9-5-16-34(40)35-17-6-10-23-41(35)47)32-14-3-4-15-33(32)38-20-13-21-39(46-2)44(38)48-42-24-11-7-18-36(42)37-19-8-12-25-43(37)48/h3-28H. The summed E-state index contributed by atoms with van der Waals surface area (Å²) < 4.78 is 4.50. The Labute approximate surface area is 277 Å². The molecular formula is C44H26N4. The van der Waals surface area contributed by atoms with Crippen LogP contribution in [-0.4, -0.2) is 9.13 Å². The van der Waals surface area contributed by atoms with E-state index < -0.39 is 0 Å². The van der Waals surface area contributed by atoms with E-state index in [1.165, 1.54) is 10.8 Å². The Kier molecular flexibility index (Phi) is 6.22. The van der Waals surface area contributed by atoms with Crippen LogP contribution in [0.3, 0.4) is 0 Å². The lowest BCUT2D eigenvalue weighted by Gasteiger charge is -2.19. The maximum atomic E-state index is 8.25. The third-order valence-corrected chi connectivity index (χ3v) is 9.34. The molecule has 0 radical (unpaired) electrons. The highest BCUT2D eigenvalue weighted by molar-refractivity contribution is 6.11. The van der Waals surface area contributed by atoms with Gasteiger partial charge in [0.25, 0.3) is 0 Å². The molecule has 0 aliphatic carbocycles. The minimum absolute atomic E-state index is 0.566. The first-order valence-electron chi connectivity index (χ1n) is 15.8. The highest BCUT2D eigenvalue weighted by atomic mass is 15.0. The number of aromatic nitrogens is 2. The summed E-state index contributed by atoms with van der Waals surface area (Å²) in [6, 6.07) is 54.1. The molecule has 2 aromatic heterocycles. The van der Waals surface area contributed by atoms with E-state index in [4.69, 9.17) is 13.1 Å². The van der Waals surface area contributed by atoms with Gasteiger partial charge >= 0.3 is 0 Å². The summed E-state index contributed by atoms with van der Waals surface area (Å²) >= 11 is 0. The normalized spacial score (nSPS) is 11.3. The molecule has 2 heterocycles. The lowest BCUT2D eigenvalue weighted by atomic mass is 9.92. The lowest BCUT2D eigenvalue weighted by molar-refractivity contribution is 1.18. The second kappa shape index (κ2) is 10.9. The van der Waals surface area contributed by atoms with Crippen molar-refractivity contribution in [2.24, 2.45) is 0 Å². The van der Waals surface area contributed by atoms with Gasteiger partial charge < -0.3 is 9.13 Å². The first-order valence-corrected chi connectivity index (χ1v) is 15.8. The Morgan fingerprint density at radius 1 is 0.396 bits per heavy atom. The van der Waals surface area contributed by atoms with Crippen molar-refractivity contribution in [3.05, 3.63) is 181 Å². The van der Waals surface area contributed by atoms with Crippen LogP contribution < -0.4 is 0 Å². The van der Waals surface area contributed by atoms with Crippen LogP contribution in [0.1, 0.15) is 0 Å². The highest BCUT2D eigenvalue weighted by Crippen LogP contribution is 2.44. The number of nitrogens with zero attached hydrogens (tertiary/aromatic N) is 4. The quantitative estimate of drug-likeness (QED) is 0.177. The summed E-state index contributed by atoms with van der Waals surface area (Å²) in [7, 11) is 0. The van der Waals surface area contributed by atoms with Gasteiger partial charge in [0.2, 0.25) is 5.69 Å². The Hall–Kier alpha value is -6.88. The summed E-state index contributed by atoms with van der Waals surface area (Å²) in [5.74, 6) is 0. The second-order valence-corrected chi connectivity index (χ2v) is 11.9. The average Bonchev–Trinajstić information content (AvgIpc) is 3.67. The van der Waals surface area contributed by atoms with Crippen LogP contribution in [-0.2, 0) is 0 Å². The maximum Gasteiger partial charge on any atom is 0.211 e. The first-order chi connectivity index (χ1) is 23.7. The van der Waals surface area contributed by atoms with E-state index >= 15 is 0 Å². The molecule has 4 heteroatoms. The van der Waals surface area contributed by atoms with E-state index in [9.17, 15) is 0 Å². The fourth-order valence-electron chi connectivity index (χ4n) is 7.35. The molecule has 0 spiro atoms. The number of benzene rings is 7. The molecule has 0 aliphatic heterocycles. The van der Waals surface area contributed by atoms with Crippen LogP contribution in [0.5, 0.6) is 0 Å². The molecule has 48 heavy (non-hydrogen) atoms. The monoisotopic (exact) mass is 610 g/mol. The summed E-state index contributed by atoms with van der Waals surface area (Å²) in [6.07, 6.45) is 0. The van der Waals surface area contributed by atoms with Crippen LogP contribution in [0.2, 0.25) is 0 Å². The van der Waals surface area contributed by atoms with E-state index in [1.807, 2.05) is 36.4 Å². The second-order valence-electron chi connectivity index (χ2n) is 11.9. The summed E-state index contributed by atoms with van der Waals surface area (Å²) in [5.41, 5.74) is 11.1. The summed E-state index contributed by atoms with van der Waals surface area (Å²) in [5, 5.41) is 4.64. The van der Waals surface area contributed by atoms with Crippen LogP contribution in [0, 0.1) is 13.1 Å². The Morgan fingerprint density at radius 3 is 1.42 bits per heavy atom. The molecule has 0 fully saturated rings. The molecule has 0 atom stereocenters. The third-order valence-electron chi connectivity index (χ3n) is 9.34. The molecule has 0 bridgehead atoms. The fourth-order valence-corrected chi connectivity index (χ4v) is 7.35. The molecule has 9 rings (SSSR count). The molecule has 0 aliphatic rings. The van der Waals surface area contributed by atoms with Gasteiger partial charge in [0.15, 0.2) is 5.69 Å². The van der Waals surface area contributed by atoms with E-state index in [0.717, 1.165) is 66.5 Å². The van der Waals surface area contributed by atoms with Gasteiger partial charge in [-0.3, -0.25) is 0 Å². The minimum Gasteiger partial charge on any atom is -0.318 e. The summed E-state index contributed by atoms with van der Waals surface area (Å²) in [4.78, 5) is 7.98. The molecule has 0 saturated heterocycles. The molecule has 0 amide bonds. The minimum atomic E-state index is 0.566. The van der Waals surface area contributed by atoms with Gasteiger partial charge in [-0.2, -0.15) is 0 Å². The van der Waals surface area contributed by atoms with Crippen LogP contribution in [0.25, 0.3) is 86.9 Å². The van der Waals surface area contributed by atoms with Gasteiger partial charge in [-0.15, -0.1) is 0 Å². The van der Waals surface area contributed by atoms with Crippen LogP contribution in [0.4, 0.5) is 11.4 Å². The molecule has 7 aromatic carbocycles. The van der Waals surface area contributed by atoms with E-state index in [-0.39, 0.29) is 0 Å². The zero-order chi connectivity index (χ0) is 32.2. The van der Waals surface area contributed by atoms with Crippen LogP contribution in [0.15, 0.2) is 158 Å². The summed E-state index contributed by atoms with van der Waals surface area (Å²) in [6.45, 7) is 16.3. The van der Waals surface area contributed by atoms with Gasteiger partial charge in [-0.25, -0.2) is 9.69 Å². The Balaban J connectivity index is 1.33. The van der Waals surface area contributed by atoms with E-state index in [1.54, 1.807) is 0 Å². The smallest absolute Gasteiger partial charge is 0.211 e. The van der Waals surface area contributed by atoms with Crippen molar-refractivity contribution in [1.29, 1.82) is 0 Å². The van der Waals surface area contributed by atoms with Crippen molar-refractivity contribution in [2.75, 3.05) is 0 Å². The van der Waals surface area contributed by atoms with Crippen LogP contribution >= 0.6 is 0 Å². The number of hydrogen-bond acceptors (Lipinski definition) is 0. The number of rotatable bonds is 4. The first kappa shape index (κ1) is 27.4. The maximum absolute atomic E-state index is 8.25. The Morgan fingerprint density at radius 2 is 0.875 bits per heavy atom. The predicted octanol–water partition coefficient (Wildman–Crippen LogP) is 12.3. The molecule has 222 valence electrons. The van der Waals surface area contributed by atoms with E-state index in [2.05, 4.69) is 140 Å². The van der Waals surface area contributed by atoms with Crippen molar-refractivity contribution >= 4 is 55.0 Å². The topological polar surface area (TPSA) is 18.6 Å². The van der Waals surface area contributed by atoms with Gasteiger partial charge in [-0.1, -0.05) is 115 Å². The van der Waals surface area contributed by atoms with Gasteiger partial charge in [-0.05, 0) is 64.7 Å². The SMILES string of the molecule is [C-]#[N+]c1cc(-c2ccccc2-c2cccc([N+]#[C-])c2-n2c3ccccc3c3ccccc32)cc(-n2c3ccccc3c3ccccc32)c1. The van der Waals surface area contributed by atoms with Gasteiger partial charge in [0.1, 0.15) is 0 Å². The molecule has 4 nitrogen and oxygen atoms in total. The number of hydrogen-bond donors (Lipinski definition) is 0. The van der Waals surface area contributed by atoms with Crippen molar-refractivity contribution in [3.8, 4) is 33.6 Å². The predicted molar refractivity (Wildman–Crippen MR) is 199 cm³/mol. The molecule has 0 unspecified atom stereocenters. The van der Waals surface area contributed by atoms with Crippen molar-refractivity contribution in [1.82, 2.24) is 9.13 Å². The van der Waals surface area contributed by atoms with Crippen molar-refractivity contribution in [3.63, 3.8) is 0 Å². The third kappa shape index (κ3) is 4.07. The Bertz CT molecular complexity index is 2710. The van der Waals surface area contributed by atoms with E-state index in [0.29, 0.717) is 11.4 Å². The van der Waals surface area contributed by atoms with Crippen molar-refractivity contribution in [2.45, 2.75) is 0 Å². The largest absolute Gasteiger partial charge is 0.318 e. The highest BCUT2D eigenvalue weighted by Gasteiger charge is 2.21.